The van der Waals surface area contributed by atoms with Crippen LogP contribution < -0.4 is 21.9 Å². The molecule has 2 N–H and O–H groups in total. The van der Waals surface area contributed by atoms with E-state index in [4.69, 9.17) is 17.3 Å². The van der Waals surface area contributed by atoms with Crippen molar-refractivity contribution >= 4 is 28.7 Å². The Morgan fingerprint density at radius 2 is 2.03 bits per heavy atom. The SMILES string of the molecule is Cn1c(=O)c2c(nc(N3CCCC(N)C3)n2Cc2cc(F)ccc2Cl)n(C)c1=O. The largest absolute Gasteiger partial charge is 0.341 e. The third-order valence-electron chi connectivity index (χ3n) is 5.40. The topological polar surface area (TPSA) is 91.1 Å². The molecule has 154 valence electrons. The summed E-state index contributed by atoms with van der Waals surface area (Å²) < 4.78 is 17.9. The fourth-order valence-corrected chi connectivity index (χ4v) is 4.03. The zero-order chi connectivity index (χ0) is 20.9. The molecule has 0 radical (unpaired) electrons. The van der Waals surface area contributed by atoms with E-state index in [0.29, 0.717) is 23.1 Å². The van der Waals surface area contributed by atoms with Gasteiger partial charge in [0.15, 0.2) is 11.2 Å². The van der Waals surface area contributed by atoms with Crippen LogP contribution in [0.2, 0.25) is 5.02 Å². The molecular weight excluding hydrogens is 399 g/mol. The lowest BCUT2D eigenvalue weighted by Crippen LogP contribution is -2.44. The first-order valence-corrected chi connectivity index (χ1v) is 9.76. The Labute approximate surface area is 170 Å². The van der Waals surface area contributed by atoms with Gasteiger partial charge in [-0.3, -0.25) is 18.5 Å². The molecule has 1 atom stereocenters. The molecule has 8 nitrogen and oxygen atoms in total. The van der Waals surface area contributed by atoms with Crippen molar-refractivity contribution in [1.29, 1.82) is 0 Å². The van der Waals surface area contributed by atoms with E-state index in [1.807, 2.05) is 4.90 Å². The predicted octanol–water partition coefficient (Wildman–Crippen LogP) is 1.20. The lowest BCUT2D eigenvalue weighted by molar-refractivity contribution is 0.495. The number of benzene rings is 1. The highest BCUT2D eigenvalue weighted by atomic mass is 35.5. The Morgan fingerprint density at radius 1 is 1.28 bits per heavy atom. The Morgan fingerprint density at radius 3 is 2.76 bits per heavy atom. The van der Waals surface area contributed by atoms with E-state index in [2.05, 4.69) is 4.98 Å². The molecule has 0 saturated carbocycles. The summed E-state index contributed by atoms with van der Waals surface area (Å²) in [5, 5.41) is 0.385. The van der Waals surface area contributed by atoms with E-state index in [0.717, 1.165) is 24.0 Å². The molecule has 1 aromatic carbocycles. The molecule has 0 bridgehead atoms. The average Bonchev–Trinajstić information content (AvgIpc) is 3.07. The number of anilines is 1. The van der Waals surface area contributed by atoms with Crippen LogP contribution in [-0.4, -0.2) is 37.8 Å². The van der Waals surface area contributed by atoms with Gasteiger partial charge in [-0.15, -0.1) is 0 Å². The zero-order valence-electron chi connectivity index (χ0n) is 16.2. The molecular formula is C19H22ClFN6O2. The van der Waals surface area contributed by atoms with Crippen molar-refractivity contribution in [3.05, 3.63) is 55.4 Å². The summed E-state index contributed by atoms with van der Waals surface area (Å²) in [4.78, 5) is 32.0. The quantitative estimate of drug-likeness (QED) is 0.687. The summed E-state index contributed by atoms with van der Waals surface area (Å²) >= 11 is 6.28. The van der Waals surface area contributed by atoms with Crippen LogP contribution in [0.3, 0.4) is 0 Å². The molecule has 1 aliphatic heterocycles. The van der Waals surface area contributed by atoms with Crippen molar-refractivity contribution in [2.75, 3.05) is 18.0 Å². The maximum atomic E-state index is 13.8. The molecule has 2 aromatic heterocycles. The summed E-state index contributed by atoms with van der Waals surface area (Å²) in [7, 11) is 3.00. The zero-order valence-corrected chi connectivity index (χ0v) is 17.0. The molecule has 1 aliphatic rings. The average molecular weight is 421 g/mol. The van der Waals surface area contributed by atoms with Crippen LogP contribution in [0, 0.1) is 5.82 Å². The van der Waals surface area contributed by atoms with Crippen molar-refractivity contribution < 1.29 is 4.39 Å². The number of imidazole rings is 1. The fourth-order valence-electron chi connectivity index (χ4n) is 3.85. The number of hydrogen-bond donors (Lipinski definition) is 1. The molecule has 3 heterocycles. The standard InChI is InChI=1S/C19H22ClFN6O2/c1-24-16-15(17(28)25(2)19(24)29)27(9-11-8-12(21)5-6-14(11)20)18(23-16)26-7-3-4-13(22)10-26/h5-6,8,13H,3-4,7,9-10,22H2,1-2H3. The van der Waals surface area contributed by atoms with Crippen molar-refractivity contribution in [1.82, 2.24) is 18.7 Å². The molecule has 10 heteroatoms. The molecule has 1 unspecified atom stereocenters. The highest BCUT2D eigenvalue weighted by Gasteiger charge is 2.26. The van der Waals surface area contributed by atoms with E-state index in [1.54, 1.807) is 11.6 Å². The third kappa shape index (κ3) is 3.34. The number of aryl methyl sites for hydroxylation is 1. The van der Waals surface area contributed by atoms with Gasteiger partial charge in [-0.25, -0.2) is 9.18 Å². The number of aromatic nitrogens is 4. The van der Waals surface area contributed by atoms with Crippen molar-refractivity contribution in [2.45, 2.75) is 25.4 Å². The number of rotatable bonds is 3. The van der Waals surface area contributed by atoms with Crippen LogP contribution in [0.25, 0.3) is 11.2 Å². The van der Waals surface area contributed by atoms with Gasteiger partial charge >= 0.3 is 5.69 Å². The van der Waals surface area contributed by atoms with Gasteiger partial charge in [-0.05, 0) is 36.6 Å². The summed E-state index contributed by atoms with van der Waals surface area (Å²) in [5.41, 5.74) is 6.28. The van der Waals surface area contributed by atoms with Crippen LogP contribution in [0.5, 0.6) is 0 Å². The van der Waals surface area contributed by atoms with E-state index in [-0.39, 0.29) is 23.8 Å². The van der Waals surface area contributed by atoms with Gasteiger partial charge in [0.25, 0.3) is 5.56 Å². The van der Waals surface area contributed by atoms with Gasteiger partial charge in [0.1, 0.15) is 5.82 Å². The van der Waals surface area contributed by atoms with Crippen molar-refractivity contribution in [3.8, 4) is 0 Å². The first kappa shape index (κ1) is 19.7. The number of nitrogens with zero attached hydrogens (tertiary/aromatic N) is 5. The first-order valence-electron chi connectivity index (χ1n) is 9.38. The molecule has 1 fully saturated rings. The maximum absolute atomic E-state index is 13.8. The number of nitrogens with two attached hydrogens (primary N) is 1. The van der Waals surface area contributed by atoms with E-state index in [9.17, 15) is 14.0 Å². The molecule has 4 rings (SSSR count). The highest BCUT2D eigenvalue weighted by Crippen LogP contribution is 2.26. The fraction of sp³-hybridized carbons (Fsp3) is 0.421. The van der Waals surface area contributed by atoms with E-state index < -0.39 is 17.1 Å². The number of fused-ring (bicyclic) bond motifs is 1. The molecule has 0 spiro atoms. The molecule has 1 saturated heterocycles. The van der Waals surface area contributed by atoms with E-state index >= 15 is 0 Å². The maximum Gasteiger partial charge on any atom is 0.332 e. The number of piperidine rings is 1. The highest BCUT2D eigenvalue weighted by molar-refractivity contribution is 6.31. The van der Waals surface area contributed by atoms with Gasteiger partial charge in [-0.2, -0.15) is 4.98 Å². The summed E-state index contributed by atoms with van der Waals surface area (Å²) in [5.74, 6) is 0.101. The van der Waals surface area contributed by atoms with Crippen LogP contribution in [0.15, 0.2) is 27.8 Å². The van der Waals surface area contributed by atoms with Gasteiger partial charge in [0, 0.05) is 38.2 Å². The van der Waals surface area contributed by atoms with Crippen LogP contribution in [0.1, 0.15) is 18.4 Å². The Bertz CT molecular complexity index is 1210. The smallest absolute Gasteiger partial charge is 0.332 e. The number of hydrogen-bond acceptors (Lipinski definition) is 5. The first-order chi connectivity index (χ1) is 13.8. The lowest BCUT2D eigenvalue weighted by atomic mass is 10.1. The summed E-state index contributed by atoms with van der Waals surface area (Å²) in [6.45, 7) is 1.44. The molecule has 29 heavy (non-hydrogen) atoms. The van der Waals surface area contributed by atoms with Crippen LogP contribution in [-0.2, 0) is 20.6 Å². The predicted molar refractivity (Wildman–Crippen MR) is 110 cm³/mol. The van der Waals surface area contributed by atoms with E-state index in [1.165, 1.54) is 29.8 Å². The normalized spacial score (nSPS) is 17.3. The monoisotopic (exact) mass is 420 g/mol. The Hall–Kier alpha value is -2.65. The molecule has 0 aliphatic carbocycles. The third-order valence-corrected chi connectivity index (χ3v) is 5.77. The molecule has 0 amide bonds. The lowest BCUT2D eigenvalue weighted by Gasteiger charge is -2.32. The van der Waals surface area contributed by atoms with Crippen molar-refractivity contribution in [2.24, 2.45) is 19.8 Å². The van der Waals surface area contributed by atoms with Crippen LogP contribution in [0.4, 0.5) is 10.3 Å². The second kappa shape index (κ2) is 7.31. The minimum absolute atomic E-state index is 0.0126. The van der Waals surface area contributed by atoms with Crippen molar-refractivity contribution in [3.63, 3.8) is 0 Å². The Balaban J connectivity index is 1.98. The molecule has 3 aromatic rings. The number of halogens is 2. The summed E-state index contributed by atoms with van der Waals surface area (Å²) in [6, 6.07) is 4.09. The Kier molecular flexibility index (Phi) is 4.95. The summed E-state index contributed by atoms with van der Waals surface area (Å²) in [6.07, 6.45) is 1.80. The van der Waals surface area contributed by atoms with Gasteiger partial charge in [0.05, 0.1) is 6.54 Å². The van der Waals surface area contributed by atoms with Crippen LogP contribution >= 0.6 is 11.6 Å². The van der Waals surface area contributed by atoms with Gasteiger partial charge in [-0.1, -0.05) is 11.6 Å². The minimum Gasteiger partial charge on any atom is -0.341 e. The second-order valence-corrected chi connectivity index (χ2v) is 7.87. The minimum atomic E-state index is -0.462. The second-order valence-electron chi connectivity index (χ2n) is 7.46. The van der Waals surface area contributed by atoms with Gasteiger partial charge in [0.2, 0.25) is 5.95 Å². The van der Waals surface area contributed by atoms with Gasteiger partial charge < -0.3 is 10.6 Å².